The van der Waals surface area contributed by atoms with Gasteiger partial charge < -0.3 is 21.9 Å². The second-order valence-electron chi connectivity index (χ2n) is 5.84. The van der Waals surface area contributed by atoms with Crippen LogP contribution in [0.4, 0.5) is 0 Å². The summed E-state index contributed by atoms with van der Waals surface area (Å²) >= 11 is 0. The van der Waals surface area contributed by atoms with E-state index in [2.05, 4.69) is 20.3 Å². The molecule has 8 nitrogen and oxygen atoms in total. The summed E-state index contributed by atoms with van der Waals surface area (Å²) in [4.78, 5) is 8.45. The van der Waals surface area contributed by atoms with Gasteiger partial charge in [-0.05, 0) is 52.0 Å². The fourth-order valence-electron chi connectivity index (χ4n) is 1.92. The number of hydrogen-bond acceptors (Lipinski definition) is 8. The average molecular weight is 358 g/mol. The molecule has 0 radical (unpaired) electrons. The summed E-state index contributed by atoms with van der Waals surface area (Å²) < 4.78 is 0. The lowest BCUT2D eigenvalue weighted by molar-refractivity contribution is 0.318. The van der Waals surface area contributed by atoms with E-state index in [9.17, 15) is 0 Å². The van der Waals surface area contributed by atoms with Crippen LogP contribution in [-0.4, -0.2) is 31.8 Å². The molecular weight excluding hydrogens is 332 g/mol. The minimum absolute atomic E-state index is 0.0244. The molecule has 0 aliphatic carbocycles. The summed E-state index contributed by atoms with van der Waals surface area (Å²) in [6.45, 7) is 7.09. The van der Waals surface area contributed by atoms with Crippen LogP contribution in [0.3, 0.4) is 0 Å². The van der Waals surface area contributed by atoms with Crippen molar-refractivity contribution in [1.82, 2.24) is 9.97 Å². The Morgan fingerprint density at radius 2 is 1.19 bits per heavy atom. The highest BCUT2D eigenvalue weighted by Crippen LogP contribution is 2.10. The maximum atomic E-state index is 8.54. The molecule has 2 aromatic rings. The van der Waals surface area contributed by atoms with Crippen molar-refractivity contribution in [1.29, 1.82) is 0 Å². The predicted octanol–water partition coefficient (Wildman–Crippen LogP) is 2.60. The first-order valence-corrected chi connectivity index (χ1v) is 8.13. The molecule has 0 saturated heterocycles. The minimum Gasteiger partial charge on any atom is -0.411 e. The van der Waals surface area contributed by atoms with Crippen LogP contribution >= 0.6 is 0 Å². The number of rotatable bonds is 4. The maximum Gasteiger partial charge on any atom is 0.102 e. The van der Waals surface area contributed by atoms with Crippen LogP contribution in [0.1, 0.15) is 62.6 Å². The summed E-state index contributed by atoms with van der Waals surface area (Å²) in [5.74, 6) is 0. The van der Waals surface area contributed by atoms with Crippen molar-refractivity contribution in [2.75, 3.05) is 0 Å². The van der Waals surface area contributed by atoms with Crippen molar-refractivity contribution in [3.05, 3.63) is 59.2 Å². The molecule has 2 unspecified atom stereocenters. The first-order valence-electron chi connectivity index (χ1n) is 8.13. The van der Waals surface area contributed by atoms with E-state index in [0.717, 1.165) is 11.4 Å². The summed E-state index contributed by atoms with van der Waals surface area (Å²) in [5, 5.41) is 23.2. The van der Waals surface area contributed by atoms with Gasteiger partial charge in [-0.2, -0.15) is 0 Å². The molecule has 0 aliphatic heterocycles. The van der Waals surface area contributed by atoms with E-state index in [-0.39, 0.29) is 12.1 Å². The van der Waals surface area contributed by atoms with Crippen molar-refractivity contribution in [2.24, 2.45) is 21.8 Å². The van der Waals surface area contributed by atoms with Gasteiger partial charge in [-0.3, -0.25) is 4.98 Å². The Hall–Kier alpha value is -2.84. The van der Waals surface area contributed by atoms with Gasteiger partial charge in [0.05, 0.1) is 22.8 Å². The maximum absolute atomic E-state index is 8.54. The van der Waals surface area contributed by atoms with Crippen molar-refractivity contribution in [2.45, 2.75) is 39.8 Å². The van der Waals surface area contributed by atoms with Crippen LogP contribution in [-0.2, 0) is 0 Å². The first-order chi connectivity index (χ1) is 12.3. The zero-order chi connectivity index (χ0) is 19.7. The van der Waals surface area contributed by atoms with Gasteiger partial charge in [0.1, 0.15) is 11.4 Å². The molecule has 2 rings (SSSR count). The SMILES string of the molecule is C/C(=N\O)c1cccc(/C(C)=N/O)n1.CC(N)c1cccc(C(C)N)n1. The Balaban J connectivity index is 0.000000263. The van der Waals surface area contributed by atoms with Crippen LogP contribution in [0.2, 0.25) is 0 Å². The number of pyridine rings is 2. The van der Waals surface area contributed by atoms with Crippen molar-refractivity contribution in [3.8, 4) is 0 Å². The van der Waals surface area contributed by atoms with E-state index in [1.807, 2.05) is 32.0 Å². The number of nitrogens with zero attached hydrogens (tertiary/aromatic N) is 4. The van der Waals surface area contributed by atoms with Crippen LogP contribution in [0, 0.1) is 0 Å². The Morgan fingerprint density at radius 3 is 1.54 bits per heavy atom. The lowest BCUT2D eigenvalue weighted by Gasteiger charge is -2.08. The highest BCUT2D eigenvalue weighted by atomic mass is 16.4. The van der Waals surface area contributed by atoms with Crippen molar-refractivity contribution < 1.29 is 10.4 Å². The minimum atomic E-state index is -0.0244. The zero-order valence-corrected chi connectivity index (χ0v) is 15.5. The normalized spacial score (nSPS) is 14.2. The lowest BCUT2D eigenvalue weighted by atomic mass is 10.1. The van der Waals surface area contributed by atoms with Gasteiger partial charge >= 0.3 is 0 Å². The van der Waals surface area contributed by atoms with Crippen LogP contribution < -0.4 is 11.5 Å². The van der Waals surface area contributed by atoms with Crippen LogP contribution in [0.25, 0.3) is 0 Å². The molecule has 0 aromatic carbocycles. The average Bonchev–Trinajstić information content (AvgIpc) is 2.67. The third-order valence-electron chi connectivity index (χ3n) is 3.52. The fraction of sp³-hybridized carbons (Fsp3) is 0.333. The second kappa shape index (κ2) is 10.2. The summed E-state index contributed by atoms with van der Waals surface area (Å²) in [7, 11) is 0. The molecule has 0 spiro atoms. The molecule has 0 aliphatic rings. The molecule has 26 heavy (non-hydrogen) atoms. The topological polar surface area (TPSA) is 143 Å². The van der Waals surface area contributed by atoms with Crippen LogP contribution in [0.15, 0.2) is 46.7 Å². The molecule has 2 atom stereocenters. The Bertz CT molecular complexity index is 715. The fourth-order valence-corrected chi connectivity index (χ4v) is 1.92. The molecular formula is C18H26N6O2. The van der Waals surface area contributed by atoms with Crippen molar-refractivity contribution >= 4 is 11.4 Å². The van der Waals surface area contributed by atoms with Crippen molar-refractivity contribution in [3.63, 3.8) is 0 Å². The Labute approximate surface area is 153 Å². The van der Waals surface area contributed by atoms with E-state index in [1.54, 1.807) is 32.0 Å². The predicted molar refractivity (Wildman–Crippen MR) is 102 cm³/mol. The van der Waals surface area contributed by atoms with E-state index in [0.29, 0.717) is 22.8 Å². The van der Waals surface area contributed by atoms with Gasteiger partial charge in [0.25, 0.3) is 0 Å². The van der Waals surface area contributed by atoms with E-state index < -0.39 is 0 Å². The molecule has 2 heterocycles. The molecule has 140 valence electrons. The number of nitrogens with two attached hydrogens (primary N) is 2. The molecule has 6 N–H and O–H groups in total. The molecule has 8 heteroatoms. The summed E-state index contributed by atoms with van der Waals surface area (Å²) in [6.07, 6.45) is 0. The smallest absolute Gasteiger partial charge is 0.102 e. The Morgan fingerprint density at radius 1 is 0.808 bits per heavy atom. The number of aromatic nitrogens is 2. The monoisotopic (exact) mass is 358 g/mol. The summed E-state index contributed by atoms with van der Waals surface area (Å²) in [5.41, 5.74) is 15.1. The standard InChI is InChI=1S/C9H11N3O2.C9H15N3/c1-6(11-13)8-4-3-5-9(10-8)7(2)12-14;1-6(10)8-4-3-5-9(12-8)7(2)11/h3-5,13-14H,1-2H3;3-7H,10-11H2,1-2H3/b11-6+,12-7+;. The quantitative estimate of drug-likeness (QED) is 0.376. The second-order valence-corrected chi connectivity index (χ2v) is 5.84. The molecule has 2 aromatic heterocycles. The van der Waals surface area contributed by atoms with E-state index in [1.165, 1.54) is 0 Å². The van der Waals surface area contributed by atoms with Gasteiger partial charge in [0, 0.05) is 12.1 Å². The molecule has 0 bridgehead atoms. The third kappa shape index (κ3) is 6.23. The van der Waals surface area contributed by atoms with E-state index >= 15 is 0 Å². The first kappa shape index (κ1) is 21.2. The largest absolute Gasteiger partial charge is 0.411 e. The van der Waals surface area contributed by atoms with Gasteiger partial charge in [-0.15, -0.1) is 0 Å². The highest BCUT2D eigenvalue weighted by Gasteiger charge is 2.05. The zero-order valence-electron chi connectivity index (χ0n) is 15.5. The Kier molecular flexibility index (Phi) is 8.33. The van der Waals surface area contributed by atoms with Gasteiger partial charge in [0.2, 0.25) is 0 Å². The third-order valence-corrected chi connectivity index (χ3v) is 3.52. The van der Waals surface area contributed by atoms with Gasteiger partial charge in [0.15, 0.2) is 0 Å². The summed E-state index contributed by atoms with van der Waals surface area (Å²) in [6, 6.07) is 10.9. The number of oxime groups is 2. The molecule has 0 saturated carbocycles. The highest BCUT2D eigenvalue weighted by molar-refractivity contribution is 6.00. The molecule has 0 fully saturated rings. The van der Waals surface area contributed by atoms with Crippen LogP contribution in [0.5, 0.6) is 0 Å². The van der Waals surface area contributed by atoms with E-state index in [4.69, 9.17) is 21.9 Å². The number of hydrogen-bond donors (Lipinski definition) is 4. The molecule has 0 amide bonds. The lowest BCUT2D eigenvalue weighted by Crippen LogP contribution is -2.12. The van der Waals surface area contributed by atoms with Gasteiger partial charge in [-0.25, -0.2) is 4.98 Å². The van der Waals surface area contributed by atoms with Gasteiger partial charge in [-0.1, -0.05) is 22.4 Å².